The average Bonchev–Trinajstić information content (AvgIpc) is 3.66. The second-order valence-electron chi connectivity index (χ2n) is 18.6. The Bertz CT molecular complexity index is 3330. The molecule has 2 aromatic heterocycles. The minimum Gasteiger partial charge on any atom is -0.507 e. The van der Waals surface area contributed by atoms with Crippen molar-refractivity contribution < 1.29 is 39.9 Å². The maximum atomic E-state index is 12.4. The van der Waals surface area contributed by atoms with Crippen molar-refractivity contribution in [3.63, 3.8) is 0 Å². The quantitative estimate of drug-likeness (QED) is 0.169. The second-order valence-corrected chi connectivity index (χ2v) is 18.6. The zero-order valence-corrected chi connectivity index (χ0v) is 38.3. The van der Waals surface area contributed by atoms with Crippen molar-refractivity contribution in [1.82, 2.24) is 14.5 Å². The number of benzene rings is 6. The molecule has 2 heterocycles. The van der Waals surface area contributed by atoms with Crippen molar-refractivity contribution in [1.29, 1.82) is 0 Å². The number of fused-ring (bicyclic) bond motifs is 1. The first-order valence-electron chi connectivity index (χ1n) is 25.2. The number of rotatable bonds is 6. The minimum atomic E-state index is -2.85. The fraction of sp³-hybridized carbons (Fsp3) is 0.250. The predicted octanol–water partition coefficient (Wildman–Crippen LogP) is 14.8. The number of phenolic OH excluding ortho intramolecular Hbond substituents is 1. The molecule has 0 bridgehead atoms. The van der Waals surface area contributed by atoms with Crippen molar-refractivity contribution in [2.45, 2.75) is 92.3 Å². The molecule has 0 aliphatic carbocycles. The van der Waals surface area contributed by atoms with Gasteiger partial charge in [0, 0.05) is 46.7 Å². The maximum Gasteiger partial charge on any atom is 0.148 e. The normalized spacial score (nSPS) is 14.9. The van der Waals surface area contributed by atoms with Gasteiger partial charge in [0.25, 0.3) is 0 Å². The molecule has 61 heavy (non-hydrogen) atoms. The van der Waals surface area contributed by atoms with E-state index < -0.39 is 54.3 Å². The van der Waals surface area contributed by atoms with Crippen molar-refractivity contribution in [3.8, 4) is 67.5 Å². The minimum absolute atomic E-state index is 0. The Balaban J connectivity index is 0.00000741. The number of pyridine rings is 1. The Morgan fingerprint density at radius 1 is 0.623 bits per heavy atom. The third-order valence-electron chi connectivity index (χ3n) is 11.0. The summed E-state index contributed by atoms with van der Waals surface area (Å²) >= 11 is 0. The number of para-hydroxylation sites is 1. The Hall–Kier alpha value is -5.57. The van der Waals surface area contributed by atoms with E-state index >= 15 is 0 Å². The van der Waals surface area contributed by atoms with E-state index in [2.05, 4.69) is 47.6 Å². The zero-order valence-electron chi connectivity index (χ0n) is 46.0. The third kappa shape index (κ3) is 8.66. The molecule has 312 valence electrons. The summed E-state index contributed by atoms with van der Waals surface area (Å²) in [4.78, 5) is 10.1. The molecule has 0 fully saturated rings. The van der Waals surface area contributed by atoms with E-state index in [9.17, 15) is 5.11 Å². The molecule has 0 aliphatic rings. The Labute approximate surface area is 391 Å². The van der Waals surface area contributed by atoms with Crippen LogP contribution in [0, 0.1) is 19.8 Å². The van der Waals surface area contributed by atoms with E-state index in [4.69, 9.17) is 23.7 Å². The van der Waals surface area contributed by atoms with Crippen LogP contribution in [0.5, 0.6) is 5.75 Å². The van der Waals surface area contributed by atoms with Gasteiger partial charge in [-0.1, -0.05) is 164 Å². The van der Waals surface area contributed by atoms with E-state index in [0.717, 1.165) is 27.8 Å². The second kappa shape index (κ2) is 16.4. The Morgan fingerprint density at radius 3 is 1.98 bits per heavy atom. The number of aromatic nitrogens is 3. The van der Waals surface area contributed by atoms with Crippen LogP contribution in [0.25, 0.3) is 72.7 Å². The summed E-state index contributed by atoms with van der Waals surface area (Å²) < 4.78 is 87.1. The number of aryl methyl sites for hydroxylation is 1. The molecule has 0 saturated carbocycles. The number of hydrogen-bond acceptors (Lipinski definition) is 3. The van der Waals surface area contributed by atoms with Gasteiger partial charge >= 0.3 is 0 Å². The summed E-state index contributed by atoms with van der Waals surface area (Å²) in [6.45, 7) is 13.3. The molecule has 0 radical (unpaired) electrons. The van der Waals surface area contributed by atoms with Gasteiger partial charge in [-0.2, -0.15) is 0 Å². The Kier molecular flexibility index (Phi) is 8.64. The van der Waals surface area contributed by atoms with Crippen molar-refractivity contribution in [3.05, 3.63) is 167 Å². The van der Waals surface area contributed by atoms with Gasteiger partial charge in [-0.15, -0.1) is 29.3 Å². The van der Waals surface area contributed by atoms with Crippen molar-refractivity contribution >= 4 is 11.0 Å². The average molecular weight is 992 g/mol. The van der Waals surface area contributed by atoms with Gasteiger partial charge in [0.1, 0.15) is 11.6 Å². The molecule has 0 aliphatic heterocycles. The van der Waals surface area contributed by atoms with Crippen LogP contribution >= 0.6 is 0 Å². The summed E-state index contributed by atoms with van der Waals surface area (Å²) in [5.41, 5.74) is 6.91. The van der Waals surface area contributed by atoms with Crippen LogP contribution in [0.4, 0.5) is 0 Å². The monoisotopic (exact) mass is 991 g/mol. The van der Waals surface area contributed by atoms with Crippen molar-refractivity contribution in [2.24, 2.45) is 0 Å². The van der Waals surface area contributed by atoms with E-state index in [-0.39, 0.29) is 43.4 Å². The number of aromatic hydroxyl groups is 1. The van der Waals surface area contributed by atoms with Gasteiger partial charge in [0.2, 0.25) is 0 Å². The van der Waals surface area contributed by atoms with Crippen molar-refractivity contribution in [2.75, 3.05) is 0 Å². The fourth-order valence-electron chi connectivity index (χ4n) is 7.57. The van der Waals surface area contributed by atoms with Gasteiger partial charge in [-0.3, -0.25) is 9.55 Å². The summed E-state index contributed by atoms with van der Waals surface area (Å²) in [7, 11) is 0. The van der Waals surface area contributed by atoms with Gasteiger partial charge in [0.15, 0.2) is 0 Å². The molecule has 4 nitrogen and oxygen atoms in total. The summed E-state index contributed by atoms with van der Waals surface area (Å²) in [6, 6.07) is 33.4. The van der Waals surface area contributed by atoms with Crippen LogP contribution in [0.1, 0.15) is 104 Å². The summed E-state index contributed by atoms with van der Waals surface area (Å²) in [6.07, 6.45) is 1.51. The van der Waals surface area contributed by atoms with Crippen LogP contribution in [0.15, 0.2) is 133 Å². The molecule has 0 atom stereocenters. The molecule has 6 aromatic carbocycles. The van der Waals surface area contributed by atoms with Gasteiger partial charge < -0.3 is 5.11 Å². The molecule has 8 aromatic rings. The topological polar surface area (TPSA) is 50.9 Å². The van der Waals surface area contributed by atoms with Crippen LogP contribution in [0.2, 0.25) is 0 Å². The first kappa shape index (κ1) is 32.2. The molecular formula is C56H56N3OPt-. The fourth-order valence-corrected chi connectivity index (χ4v) is 7.57. The standard InChI is InChI=1S/C56H56N3O.Pt/c1-35-20-22-38(23-21-35)40-26-27-57-48(32-40)42-29-41(30-43(31-42)54(3,4)5)45-18-15-19-50-51(45)58-53(46-33-44(55(6,7)8)34-47(52(46)60)56(9,10)11)59(50)49-25-24-39(28-36(49)2)37-16-13-12-14-17-37;/h12-28,30-34,60H,1-11H3;/q-1;/i1D3,2D3,20D,21D,22D,23D;. The SMILES string of the molecule is [2H]c1c([2H])c(C([2H])([2H])[2H])c([2H])c([2H])c1-c1ccnc(-c2[c-]c(-c3cccc4c3nc(-c3cc(C(C)(C)C)cc(C(C)(C)C)c3O)n4-c3ccc(-c4ccccc4)cc3C([2H])([2H])[2H])cc(C(C)(C)C)c2)c1.[Pt]. The van der Waals surface area contributed by atoms with Crippen LogP contribution in [-0.4, -0.2) is 19.6 Å². The van der Waals surface area contributed by atoms with Crippen LogP contribution in [-0.2, 0) is 37.3 Å². The van der Waals surface area contributed by atoms with Crippen LogP contribution < -0.4 is 0 Å². The van der Waals surface area contributed by atoms with Gasteiger partial charge in [-0.05, 0) is 93.7 Å². The molecule has 0 amide bonds. The van der Waals surface area contributed by atoms with E-state index in [1.807, 2.05) is 110 Å². The first-order chi connectivity index (χ1) is 32.5. The van der Waals surface area contributed by atoms with E-state index in [1.54, 1.807) is 18.2 Å². The molecule has 0 unspecified atom stereocenters. The molecule has 5 heteroatoms. The first-order valence-corrected chi connectivity index (χ1v) is 20.2. The maximum absolute atomic E-state index is 12.4. The van der Waals surface area contributed by atoms with E-state index in [0.29, 0.717) is 56.1 Å². The van der Waals surface area contributed by atoms with Crippen LogP contribution in [0.3, 0.4) is 0 Å². The molecule has 0 saturated heterocycles. The zero-order chi connectivity index (χ0) is 51.2. The Morgan fingerprint density at radius 2 is 1.31 bits per heavy atom. The molecule has 1 N–H and O–H groups in total. The molecule has 0 spiro atoms. The number of imidazole rings is 1. The molecule has 8 rings (SSSR count). The number of phenols is 1. The smallest absolute Gasteiger partial charge is 0.148 e. The number of nitrogens with zero attached hydrogens (tertiary/aromatic N) is 3. The number of hydrogen-bond donors (Lipinski definition) is 1. The largest absolute Gasteiger partial charge is 0.507 e. The van der Waals surface area contributed by atoms with E-state index in [1.165, 1.54) is 6.20 Å². The van der Waals surface area contributed by atoms with Gasteiger partial charge in [-0.25, -0.2) is 4.98 Å². The molecular weight excluding hydrogens is 926 g/mol. The summed E-state index contributed by atoms with van der Waals surface area (Å²) in [5, 5.41) is 12.4. The predicted molar refractivity (Wildman–Crippen MR) is 252 cm³/mol. The van der Waals surface area contributed by atoms with Gasteiger partial charge in [0.05, 0.1) is 27.8 Å². The third-order valence-corrected chi connectivity index (χ3v) is 11.0. The summed E-state index contributed by atoms with van der Waals surface area (Å²) in [5.74, 6) is 0.389.